The van der Waals surface area contributed by atoms with Crippen molar-refractivity contribution in [2.75, 3.05) is 10.6 Å². The number of H-pyrrole nitrogens is 1. The molecule has 0 aliphatic carbocycles. The first-order valence-electron chi connectivity index (χ1n) is 10.5. The number of hydrogen-bond acceptors (Lipinski definition) is 7. The van der Waals surface area contributed by atoms with E-state index in [2.05, 4.69) is 41.8 Å². The van der Waals surface area contributed by atoms with Gasteiger partial charge in [-0.05, 0) is 55.7 Å². The highest BCUT2D eigenvalue weighted by Gasteiger charge is 2.12. The summed E-state index contributed by atoms with van der Waals surface area (Å²) in [7, 11) is 0. The highest BCUT2D eigenvalue weighted by atomic mass is 35.5. The third kappa shape index (κ3) is 5.01. The molecule has 0 unspecified atom stereocenters. The van der Waals surface area contributed by atoms with Crippen LogP contribution in [0.4, 0.5) is 23.3 Å². The fourth-order valence-electron chi connectivity index (χ4n) is 3.40. The van der Waals surface area contributed by atoms with Gasteiger partial charge < -0.3 is 10.6 Å². The Hall–Kier alpha value is -3.78. The highest BCUT2D eigenvalue weighted by molar-refractivity contribution is 6.32. The van der Waals surface area contributed by atoms with Gasteiger partial charge in [0.15, 0.2) is 17.4 Å². The molecule has 0 amide bonds. The zero-order chi connectivity index (χ0) is 23.5. The Labute approximate surface area is 196 Å². The normalized spacial score (nSPS) is 10.8. The summed E-state index contributed by atoms with van der Waals surface area (Å²) in [6, 6.07) is 9.69. The van der Waals surface area contributed by atoms with Crippen molar-refractivity contribution >= 4 is 40.7 Å². The molecule has 0 bridgehead atoms. The molecule has 3 heterocycles. The molecule has 0 aliphatic rings. The summed E-state index contributed by atoms with van der Waals surface area (Å²) >= 11 is 6.26. The van der Waals surface area contributed by atoms with Crippen LogP contribution in [-0.4, -0.2) is 30.9 Å². The van der Waals surface area contributed by atoms with E-state index in [0.717, 1.165) is 33.6 Å². The van der Waals surface area contributed by atoms with Crippen molar-refractivity contribution in [3.63, 3.8) is 0 Å². The zero-order valence-corrected chi connectivity index (χ0v) is 19.6. The van der Waals surface area contributed by atoms with Crippen molar-refractivity contribution in [3.05, 3.63) is 70.3 Å². The van der Waals surface area contributed by atoms with E-state index in [1.807, 2.05) is 45.9 Å². The predicted octanol–water partition coefficient (Wildman–Crippen LogP) is 5.92. The lowest BCUT2D eigenvalue weighted by Gasteiger charge is -2.14. The summed E-state index contributed by atoms with van der Waals surface area (Å²) in [5.74, 6) is 1.52. The van der Waals surface area contributed by atoms with Crippen LogP contribution in [-0.2, 0) is 0 Å². The summed E-state index contributed by atoms with van der Waals surface area (Å²) in [5.41, 5.74) is 6.37. The van der Waals surface area contributed by atoms with Crippen molar-refractivity contribution in [2.45, 2.75) is 34.1 Å². The molecule has 0 fully saturated rings. The minimum atomic E-state index is 0.0354. The molecule has 0 atom stereocenters. The van der Waals surface area contributed by atoms with Crippen LogP contribution >= 0.6 is 11.6 Å². The van der Waals surface area contributed by atoms with Crippen molar-refractivity contribution in [3.8, 4) is 11.1 Å². The Morgan fingerprint density at radius 3 is 2.52 bits per heavy atom. The molecule has 33 heavy (non-hydrogen) atoms. The van der Waals surface area contributed by atoms with Gasteiger partial charge in [-0.2, -0.15) is 10.1 Å². The number of nitrogens with zero attached hydrogens (tertiary/aromatic N) is 4. The average Bonchev–Trinajstić information content (AvgIpc) is 3.22. The molecule has 4 rings (SSSR count). The number of hydrogen-bond donors (Lipinski definition) is 3. The fraction of sp³-hybridized carbons (Fsp3) is 0.208. The van der Waals surface area contributed by atoms with Crippen LogP contribution in [0.3, 0.4) is 0 Å². The Morgan fingerprint density at radius 2 is 1.85 bits per heavy atom. The predicted molar refractivity (Wildman–Crippen MR) is 131 cm³/mol. The number of benzene rings is 1. The Kier molecular flexibility index (Phi) is 6.37. The molecule has 0 spiro atoms. The van der Waals surface area contributed by atoms with Crippen molar-refractivity contribution in [2.24, 2.45) is 0 Å². The summed E-state index contributed by atoms with van der Waals surface area (Å²) in [6.07, 6.45) is 3.73. The van der Waals surface area contributed by atoms with Crippen LogP contribution in [0, 0.1) is 20.8 Å². The molecule has 3 N–H and O–H groups in total. The van der Waals surface area contributed by atoms with Crippen molar-refractivity contribution in [1.82, 2.24) is 25.1 Å². The first-order valence-corrected chi connectivity index (χ1v) is 10.9. The Balaban J connectivity index is 1.57. The number of nitrogens with one attached hydrogen (secondary N) is 3. The third-order valence-electron chi connectivity index (χ3n) is 5.20. The van der Waals surface area contributed by atoms with Gasteiger partial charge in [0, 0.05) is 35.6 Å². The van der Waals surface area contributed by atoms with Crippen LogP contribution in [0.15, 0.2) is 42.7 Å². The monoisotopic (exact) mass is 461 g/mol. The van der Waals surface area contributed by atoms with E-state index in [1.165, 1.54) is 0 Å². The highest BCUT2D eigenvalue weighted by Crippen LogP contribution is 2.31. The van der Waals surface area contributed by atoms with Gasteiger partial charge in [-0.1, -0.05) is 24.6 Å². The zero-order valence-electron chi connectivity index (χ0n) is 18.8. The number of Topliss-reactive ketones (excluding diaryl/α,β-unsaturated/α-hetero) is 1. The largest absolute Gasteiger partial charge is 0.324 e. The van der Waals surface area contributed by atoms with Gasteiger partial charge in [-0.3, -0.25) is 14.9 Å². The number of carbonyl (C=O) groups is 1. The summed E-state index contributed by atoms with van der Waals surface area (Å²) in [5, 5.41) is 13.8. The molecular formula is C24H24ClN7O. The second-order valence-electron chi connectivity index (χ2n) is 7.77. The van der Waals surface area contributed by atoms with E-state index in [0.29, 0.717) is 34.7 Å². The van der Waals surface area contributed by atoms with Crippen molar-refractivity contribution < 1.29 is 4.79 Å². The van der Waals surface area contributed by atoms with Gasteiger partial charge in [0.1, 0.15) is 10.7 Å². The number of anilines is 4. The first kappa shape index (κ1) is 22.4. The average molecular weight is 462 g/mol. The number of pyridine rings is 1. The van der Waals surface area contributed by atoms with Crippen LogP contribution in [0.5, 0.6) is 0 Å². The summed E-state index contributed by atoms with van der Waals surface area (Å²) in [4.78, 5) is 25.0. The molecular weight excluding hydrogens is 438 g/mol. The lowest BCUT2D eigenvalue weighted by atomic mass is 9.98. The molecule has 0 radical (unpaired) electrons. The number of rotatable bonds is 7. The van der Waals surface area contributed by atoms with Gasteiger partial charge in [0.25, 0.3) is 0 Å². The Bertz CT molecular complexity index is 1320. The summed E-state index contributed by atoms with van der Waals surface area (Å²) < 4.78 is 0. The van der Waals surface area contributed by atoms with Crippen LogP contribution in [0.2, 0.25) is 5.02 Å². The maximum absolute atomic E-state index is 11.8. The number of ketones is 1. The molecule has 168 valence electrons. The Morgan fingerprint density at radius 1 is 1.03 bits per heavy atom. The number of carbonyl (C=O) groups excluding carboxylic acids is 1. The van der Waals surface area contributed by atoms with Crippen molar-refractivity contribution in [1.29, 1.82) is 0 Å². The molecule has 4 aromatic rings. The van der Waals surface area contributed by atoms with Crippen LogP contribution in [0.25, 0.3) is 11.1 Å². The number of aromatic nitrogens is 5. The van der Waals surface area contributed by atoms with E-state index in [-0.39, 0.29) is 5.78 Å². The first-order chi connectivity index (χ1) is 15.8. The standard InChI is InChI=1S/C24H24ClN7O/c1-5-21(33)19-7-6-16(11-26-19)17-8-14(3)20(9-13(17)2)28-24-27-12-18(25)23(30-24)29-22-10-15(4)31-32-22/h6-12H,5H2,1-4H3,(H3,27,28,29,30,31,32). The van der Waals surface area contributed by atoms with Gasteiger partial charge >= 0.3 is 0 Å². The maximum atomic E-state index is 11.8. The lowest BCUT2D eigenvalue weighted by molar-refractivity contribution is 0.0983. The quantitative estimate of drug-likeness (QED) is 0.293. The topological polar surface area (TPSA) is 108 Å². The molecule has 9 heteroatoms. The smallest absolute Gasteiger partial charge is 0.229 e. The van der Waals surface area contributed by atoms with Gasteiger partial charge in [0.2, 0.25) is 5.95 Å². The number of aromatic amines is 1. The van der Waals surface area contributed by atoms with E-state index < -0.39 is 0 Å². The van der Waals surface area contributed by atoms with Crippen LogP contribution in [0.1, 0.15) is 40.7 Å². The lowest BCUT2D eigenvalue weighted by Crippen LogP contribution is -2.03. The van der Waals surface area contributed by atoms with Gasteiger partial charge in [0.05, 0.1) is 6.20 Å². The molecule has 0 saturated heterocycles. The summed E-state index contributed by atoms with van der Waals surface area (Å²) in [6.45, 7) is 7.78. The van der Waals surface area contributed by atoms with Gasteiger partial charge in [-0.25, -0.2) is 4.98 Å². The van der Waals surface area contributed by atoms with E-state index in [4.69, 9.17) is 11.6 Å². The van der Waals surface area contributed by atoms with Gasteiger partial charge in [-0.15, -0.1) is 0 Å². The second-order valence-corrected chi connectivity index (χ2v) is 8.17. The van der Waals surface area contributed by atoms with E-state index in [9.17, 15) is 4.79 Å². The molecule has 3 aromatic heterocycles. The van der Waals surface area contributed by atoms with E-state index >= 15 is 0 Å². The maximum Gasteiger partial charge on any atom is 0.229 e. The second kappa shape index (κ2) is 9.38. The third-order valence-corrected chi connectivity index (χ3v) is 5.47. The fourth-order valence-corrected chi connectivity index (χ4v) is 3.54. The number of aryl methyl sites for hydroxylation is 3. The number of halogens is 1. The van der Waals surface area contributed by atoms with Crippen LogP contribution < -0.4 is 10.6 Å². The van der Waals surface area contributed by atoms with E-state index in [1.54, 1.807) is 18.5 Å². The molecule has 0 aliphatic heterocycles. The molecule has 8 nitrogen and oxygen atoms in total. The molecule has 0 saturated carbocycles. The molecule has 1 aromatic carbocycles. The SMILES string of the molecule is CCC(=O)c1ccc(-c2cc(C)c(Nc3ncc(Cl)c(Nc4cc(C)[nH]n4)n3)cc2C)cn1. The minimum Gasteiger partial charge on any atom is -0.324 e. The minimum absolute atomic E-state index is 0.0354.